The molecule has 6 nitrogen and oxygen atoms in total. The lowest BCUT2D eigenvalue weighted by molar-refractivity contribution is 0.122. The molecule has 0 amide bonds. The minimum Gasteiger partial charge on any atom is -0.378 e. The van der Waals surface area contributed by atoms with Gasteiger partial charge in [-0.15, -0.1) is 11.3 Å². The maximum absolute atomic E-state index is 5.39. The van der Waals surface area contributed by atoms with Gasteiger partial charge in [-0.1, -0.05) is 5.16 Å². The fraction of sp³-hybridized carbons (Fsp3) is 0.600. The topological polar surface area (TPSA) is 54.6 Å². The Balaban J connectivity index is 1.60. The molecular weight excluding hydrogens is 300 g/mol. The molecule has 0 atom stereocenters. The van der Waals surface area contributed by atoms with Crippen LogP contribution < -0.4 is 4.90 Å². The Labute approximate surface area is 134 Å². The number of rotatable bonds is 5. The number of hydrogen-bond acceptors (Lipinski definition) is 7. The predicted molar refractivity (Wildman–Crippen MR) is 86.3 cm³/mol. The molecule has 1 fully saturated rings. The maximum Gasteiger partial charge on any atom is 0.185 e. The largest absolute Gasteiger partial charge is 0.378 e. The maximum atomic E-state index is 5.39. The summed E-state index contributed by atoms with van der Waals surface area (Å²) < 4.78 is 10.6. The van der Waals surface area contributed by atoms with Gasteiger partial charge < -0.3 is 14.2 Å². The van der Waals surface area contributed by atoms with Crippen LogP contribution in [0.2, 0.25) is 0 Å². The van der Waals surface area contributed by atoms with Crippen LogP contribution in [0.5, 0.6) is 0 Å². The number of ether oxygens (including phenoxy) is 1. The zero-order valence-corrected chi connectivity index (χ0v) is 14.2. The lowest BCUT2D eigenvalue weighted by Gasteiger charge is -2.26. The summed E-state index contributed by atoms with van der Waals surface area (Å²) in [5.74, 6) is 0.905. The highest BCUT2D eigenvalue weighted by molar-refractivity contribution is 7.15. The molecule has 1 aliphatic heterocycles. The Hall–Kier alpha value is -1.44. The molecule has 120 valence electrons. The molecular formula is C15H22N4O2S. The predicted octanol–water partition coefficient (Wildman–Crippen LogP) is 2.22. The van der Waals surface area contributed by atoms with E-state index in [0.29, 0.717) is 0 Å². The summed E-state index contributed by atoms with van der Waals surface area (Å²) in [7, 11) is 2.11. The summed E-state index contributed by atoms with van der Waals surface area (Å²) in [6.45, 7) is 9.12. The molecule has 0 saturated carbocycles. The van der Waals surface area contributed by atoms with E-state index in [0.717, 1.165) is 56.0 Å². The second kappa shape index (κ2) is 6.76. The highest BCUT2D eigenvalue weighted by Crippen LogP contribution is 2.25. The number of aromatic nitrogens is 2. The van der Waals surface area contributed by atoms with Crippen LogP contribution in [0.4, 0.5) is 5.13 Å². The molecule has 0 bridgehead atoms. The van der Waals surface area contributed by atoms with Crippen molar-refractivity contribution in [1.29, 1.82) is 0 Å². The van der Waals surface area contributed by atoms with Crippen molar-refractivity contribution in [3.05, 3.63) is 28.1 Å². The van der Waals surface area contributed by atoms with Crippen molar-refractivity contribution in [3.8, 4) is 0 Å². The number of aryl methyl sites for hydroxylation is 2. The monoisotopic (exact) mass is 322 g/mol. The Morgan fingerprint density at radius 3 is 2.73 bits per heavy atom. The average molecular weight is 322 g/mol. The molecule has 0 aromatic carbocycles. The van der Waals surface area contributed by atoms with E-state index in [4.69, 9.17) is 9.26 Å². The van der Waals surface area contributed by atoms with Crippen molar-refractivity contribution in [2.75, 3.05) is 38.3 Å². The van der Waals surface area contributed by atoms with Gasteiger partial charge in [0.2, 0.25) is 0 Å². The molecule has 2 aromatic heterocycles. The minimum atomic E-state index is 0.793. The molecule has 3 heterocycles. The Morgan fingerprint density at radius 2 is 2.05 bits per heavy atom. The molecule has 22 heavy (non-hydrogen) atoms. The molecule has 3 rings (SSSR count). The van der Waals surface area contributed by atoms with Gasteiger partial charge in [0, 0.05) is 42.8 Å². The third-order valence-corrected chi connectivity index (χ3v) is 4.90. The Morgan fingerprint density at radius 1 is 1.27 bits per heavy atom. The van der Waals surface area contributed by atoms with Crippen LogP contribution in [0, 0.1) is 13.8 Å². The number of nitrogens with zero attached hydrogens (tertiary/aromatic N) is 4. The average Bonchev–Trinajstić information content (AvgIpc) is 3.10. The second-order valence-electron chi connectivity index (χ2n) is 5.68. The van der Waals surface area contributed by atoms with Gasteiger partial charge in [0.1, 0.15) is 5.76 Å². The van der Waals surface area contributed by atoms with Crippen molar-refractivity contribution in [2.45, 2.75) is 26.9 Å². The minimum absolute atomic E-state index is 0.793. The Kier molecular flexibility index (Phi) is 4.75. The van der Waals surface area contributed by atoms with Gasteiger partial charge in [-0.25, -0.2) is 4.98 Å². The van der Waals surface area contributed by atoms with E-state index in [-0.39, 0.29) is 0 Å². The van der Waals surface area contributed by atoms with Crippen LogP contribution >= 0.6 is 11.3 Å². The van der Waals surface area contributed by atoms with Gasteiger partial charge in [-0.05, 0) is 20.9 Å². The van der Waals surface area contributed by atoms with Crippen molar-refractivity contribution in [1.82, 2.24) is 15.0 Å². The molecule has 0 aliphatic carbocycles. The molecule has 0 N–H and O–H groups in total. The van der Waals surface area contributed by atoms with E-state index in [1.807, 2.05) is 20.0 Å². The smallest absolute Gasteiger partial charge is 0.185 e. The van der Waals surface area contributed by atoms with Crippen LogP contribution in [0.3, 0.4) is 0 Å². The number of morpholine rings is 1. The van der Waals surface area contributed by atoms with Crippen LogP contribution in [0.25, 0.3) is 0 Å². The van der Waals surface area contributed by atoms with E-state index in [1.165, 1.54) is 10.4 Å². The SMILES string of the molecule is Cc1noc(C)c1CN(C)Cc1cnc(N2CCOCC2)s1. The quantitative estimate of drug-likeness (QED) is 0.841. The van der Waals surface area contributed by atoms with E-state index in [2.05, 4.69) is 27.0 Å². The van der Waals surface area contributed by atoms with Gasteiger partial charge in [0.25, 0.3) is 0 Å². The zero-order valence-electron chi connectivity index (χ0n) is 13.3. The van der Waals surface area contributed by atoms with Gasteiger partial charge in [0.05, 0.1) is 18.9 Å². The first-order valence-electron chi connectivity index (χ1n) is 7.51. The summed E-state index contributed by atoms with van der Waals surface area (Å²) in [5.41, 5.74) is 2.16. The lowest BCUT2D eigenvalue weighted by atomic mass is 10.2. The second-order valence-corrected chi connectivity index (χ2v) is 6.78. The highest BCUT2D eigenvalue weighted by Gasteiger charge is 2.16. The van der Waals surface area contributed by atoms with Crippen molar-refractivity contribution >= 4 is 16.5 Å². The highest BCUT2D eigenvalue weighted by atomic mass is 32.1. The Bertz CT molecular complexity index is 599. The first-order valence-corrected chi connectivity index (χ1v) is 8.33. The molecule has 1 saturated heterocycles. The normalized spacial score (nSPS) is 15.7. The van der Waals surface area contributed by atoms with Crippen LogP contribution in [-0.4, -0.2) is 48.4 Å². The van der Waals surface area contributed by atoms with Crippen LogP contribution in [-0.2, 0) is 17.8 Å². The van der Waals surface area contributed by atoms with Gasteiger partial charge in [-0.3, -0.25) is 4.90 Å². The number of anilines is 1. The summed E-state index contributed by atoms with van der Waals surface area (Å²) in [4.78, 5) is 10.4. The van der Waals surface area contributed by atoms with Crippen LogP contribution in [0.15, 0.2) is 10.7 Å². The third kappa shape index (κ3) is 3.48. The van der Waals surface area contributed by atoms with Gasteiger partial charge in [0.15, 0.2) is 5.13 Å². The van der Waals surface area contributed by atoms with Gasteiger partial charge in [-0.2, -0.15) is 0 Å². The first-order chi connectivity index (χ1) is 10.6. The van der Waals surface area contributed by atoms with Crippen molar-refractivity contribution < 1.29 is 9.26 Å². The van der Waals surface area contributed by atoms with E-state index >= 15 is 0 Å². The van der Waals surface area contributed by atoms with E-state index < -0.39 is 0 Å². The van der Waals surface area contributed by atoms with E-state index in [1.54, 1.807) is 11.3 Å². The van der Waals surface area contributed by atoms with Gasteiger partial charge >= 0.3 is 0 Å². The van der Waals surface area contributed by atoms with Crippen molar-refractivity contribution in [3.63, 3.8) is 0 Å². The molecule has 1 aliphatic rings. The van der Waals surface area contributed by atoms with Crippen molar-refractivity contribution in [2.24, 2.45) is 0 Å². The summed E-state index contributed by atoms with van der Waals surface area (Å²) in [6.07, 6.45) is 1.99. The number of hydrogen-bond donors (Lipinski definition) is 0. The zero-order chi connectivity index (χ0) is 15.5. The molecule has 7 heteroatoms. The lowest BCUT2D eigenvalue weighted by Crippen LogP contribution is -2.36. The molecule has 2 aromatic rings. The fourth-order valence-corrected chi connectivity index (χ4v) is 3.63. The summed E-state index contributed by atoms with van der Waals surface area (Å²) in [5, 5.41) is 5.11. The standard InChI is InChI=1S/C15H22N4O2S/c1-11-14(12(2)21-17-11)10-18(3)9-13-8-16-15(22-13)19-4-6-20-7-5-19/h8H,4-7,9-10H2,1-3H3. The van der Waals surface area contributed by atoms with Crippen LogP contribution in [0.1, 0.15) is 21.9 Å². The first kappa shape index (κ1) is 15.5. The summed E-state index contributed by atoms with van der Waals surface area (Å²) >= 11 is 1.77. The third-order valence-electron chi connectivity index (χ3n) is 3.86. The molecule has 0 spiro atoms. The fourth-order valence-electron chi connectivity index (χ4n) is 2.59. The molecule has 0 radical (unpaired) electrons. The molecule has 0 unspecified atom stereocenters. The summed E-state index contributed by atoms with van der Waals surface area (Å²) in [6, 6.07) is 0. The number of thiazole rings is 1. The van der Waals surface area contributed by atoms with E-state index in [9.17, 15) is 0 Å².